The Balaban J connectivity index is 1.78. The highest BCUT2D eigenvalue weighted by Crippen LogP contribution is 2.22. The van der Waals surface area contributed by atoms with E-state index in [1.165, 1.54) is 0 Å². The zero-order valence-electron chi connectivity index (χ0n) is 13.5. The summed E-state index contributed by atoms with van der Waals surface area (Å²) in [6.45, 7) is 5.58. The summed E-state index contributed by atoms with van der Waals surface area (Å²) in [5.74, 6) is 0.633. The van der Waals surface area contributed by atoms with Gasteiger partial charge in [0, 0.05) is 31.1 Å². The van der Waals surface area contributed by atoms with E-state index in [0.29, 0.717) is 12.3 Å². The summed E-state index contributed by atoms with van der Waals surface area (Å²) in [6, 6.07) is 9.64. The predicted molar refractivity (Wildman–Crippen MR) is 87.6 cm³/mol. The molecule has 0 saturated carbocycles. The van der Waals surface area contributed by atoms with E-state index < -0.39 is 0 Å². The van der Waals surface area contributed by atoms with Gasteiger partial charge in [-0.05, 0) is 44.2 Å². The first-order chi connectivity index (χ1) is 10.6. The molecule has 1 aliphatic rings. The lowest BCUT2D eigenvalue weighted by atomic mass is 9.92. The van der Waals surface area contributed by atoms with Crippen molar-refractivity contribution in [3.63, 3.8) is 0 Å². The minimum absolute atomic E-state index is 0.100. The first kappa shape index (κ1) is 16.5. The van der Waals surface area contributed by atoms with Crippen LogP contribution in [0.3, 0.4) is 0 Å². The smallest absolute Gasteiger partial charge is 0.253 e. The fourth-order valence-corrected chi connectivity index (χ4v) is 2.80. The molecular weight excluding hydrogens is 276 g/mol. The maximum absolute atomic E-state index is 12.4. The van der Waals surface area contributed by atoms with Crippen molar-refractivity contribution in [2.75, 3.05) is 13.1 Å². The number of nitrogens with zero attached hydrogens (tertiary/aromatic N) is 1. The maximum Gasteiger partial charge on any atom is 0.253 e. The molecule has 22 heavy (non-hydrogen) atoms. The standard InChI is InChI=1S/C18H26N2O2/c1-3-14(2)19-17(21)13-15-9-11-20(12-10-15)18(22)16-7-5-4-6-8-16/h4-8,14-15H,3,9-13H2,1-2H3,(H,19,21). The summed E-state index contributed by atoms with van der Waals surface area (Å²) in [4.78, 5) is 26.2. The molecule has 2 rings (SSSR count). The molecule has 1 fully saturated rings. The second-order valence-electron chi connectivity index (χ2n) is 6.18. The summed E-state index contributed by atoms with van der Waals surface area (Å²) >= 11 is 0. The van der Waals surface area contributed by atoms with Crippen LogP contribution < -0.4 is 5.32 Å². The van der Waals surface area contributed by atoms with Crippen LogP contribution in [0.2, 0.25) is 0 Å². The Morgan fingerprint density at radius 3 is 2.45 bits per heavy atom. The Morgan fingerprint density at radius 1 is 1.23 bits per heavy atom. The van der Waals surface area contributed by atoms with Gasteiger partial charge in [0.2, 0.25) is 5.91 Å². The highest BCUT2D eigenvalue weighted by atomic mass is 16.2. The minimum atomic E-state index is 0.100. The van der Waals surface area contributed by atoms with E-state index >= 15 is 0 Å². The Labute approximate surface area is 132 Å². The summed E-state index contributed by atoms with van der Waals surface area (Å²) in [7, 11) is 0. The Bertz CT molecular complexity index is 493. The van der Waals surface area contributed by atoms with Crippen molar-refractivity contribution in [2.24, 2.45) is 5.92 Å². The fraction of sp³-hybridized carbons (Fsp3) is 0.556. The molecular formula is C18H26N2O2. The molecule has 1 heterocycles. The van der Waals surface area contributed by atoms with Crippen molar-refractivity contribution in [1.82, 2.24) is 10.2 Å². The van der Waals surface area contributed by atoms with Crippen LogP contribution >= 0.6 is 0 Å². The molecule has 0 aromatic heterocycles. The molecule has 120 valence electrons. The van der Waals surface area contributed by atoms with Crippen LogP contribution in [0.5, 0.6) is 0 Å². The van der Waals surface area contributed by atoms with Crippen molar-refractivity contribution in [3.05, 3.63) is 35.9 Å². The number of carbonyl (C=O) groups excluding carboxylic acids is 2. The zero-order chi connectivity index (χ0) is 15.9. The number of amides is 2. The molecule has 1 N–H and O–H groups in total. The minimum Gasteiger partial charge on any atom is -0.354 e. The van der Waals surface area contributed by atoms with Gasteiger partial charge >= 0.3 is 0 Å². The van der Waals surface area contributed by atoms with Crippen molar-refractivity contribution >= 4 is 11.8 Å². The number of piperidine rings is 1. The third-order valence-corrected chi connectivity index (χ3v) is 4.42. The number of rotatable bonds is 5. The van der Waals surface area contributed by atoms with Crippen LogP contribution in [0.1, 0.15) is 49.9 Å². The van der Waals surface area contributed by atoms with Crippen LogP contribution in [0, 0.1) is 5.92 Å². The SMILES string of the molecule is CCC(C)NC(=O)CC1CCN(C(=O)c2ccccc2)CC1. The molecule has 4 heteroatoms. The highest BCUT2D eigenvalue weighted by molar-refractivity contribution is 5.94. The van der Waals surface area contributed by atoms with Gasteiger partial charge in [0.05, 0.1) is 0 Å². The molecule has 1 atom stereocenters. The van der Waals surface area contributed by atoms with E-state index in [1.54, 1.807) is 0 Å². The molecule has 0 radical (unpaired) electrons. The molecule has 0 aliphatic carbocycles. The monoisotopic (exact) mass is 302 g/mol. The van der Waals surface area contributed by atoms with Gasteiger partial charge in [-0.25, -0.2) is 0 Å². The second-order valence-corrected chi connectivity index (χ2v) is 6.18. The lowest BCUT2D eigenvalue weighted by Gasteiger charge is -2.32. The van der Waals surface area contributed by atoms with E-state index in [9.17, 15) is 9.59 Å². The molecule has 1 aromatic carbocycles. The van der Waals surface area contributed by atoms with E-state index in [-0.39, 0.29) is 17.9 Å². The normalized spacial score (nSPS) is 17.1. The van der Waals surface area contributed by atoms with Gasteiger partial charge in [-0.2, -0.15) is 0 Å². The van der Waals surface area contributed by atoms with Gasteiger partial charge in [0.15, 0.2) is 0 Å². The Morgan fingerprint density at radius 2 is 1.86 bits per heavy atom. The maximum atomic E-state index is 12.4. The largest absolute Gasteiger partial charge is 0.354 e. The highest BCUT2D eigenvalue weighted by Gasteiger charge is 2.25. The lowest BCUT2D eigenvalue weighted by Crippen LogP contribution is -2.40. The van der Waals surface area contributed by atoms with E-state index in [0.717, 1.165) is 37.9 Å². The summed E-state index contributed by atoms with van der Waals surface area (Å²) in [5.41, 5.74) is 0.746. The van der Waals surface area contributed by atoms with Gasteiger partial charge in [0.25, 0.3) is 5.91 Å². The van der Waals surface area contributed by atoms with E-state index in [2.05, 4.69) is 12.2 Å². The Hall–Kier alpha value is -1.84. The van der Waals surface area contributed by atoms with Crippen molar-refractivity contribution in [1.29, 1.82) is 0 Å². The van der Waals surface area contributed by atoms with Gasteiger partial charge in [-0.3, -0.25) is 9.59 Å². The van der Waals surface area contributed by atoms with Crippen molar-refractivity contribution < 1.29 is 9.59 Å². The summed E-state index contributed by atoms with van der Waals surface area (Å²) in [6.07, 6.45) is 3.35. The summed E-state index contributed by atoms with van der Waals surface area (Å²) < 4.78 is 0. The van der Waals surface area contributed by atoms with Crippen LogP contribution in [-0.2, 0) is 4.79 Å². The number of benzene rings is 1. The first-order valence-electron chi connectivity index (χ1n) is 8.23. The molecule has 1 saturated heterocycles. The second kappa shape index (κ2) is 7.97. The first-order valence-corrected chi connectivity index (χ1v) is 8.23. The fourth-order valence-electron chi connectivity index (χ4n) is 2.80. The van der Waals surface area contributed by atoms with Gasteiger partial charge < -0.3 is 10.2 Å². The van der Waals surface area contributed by atoms with Gasteiger partial charge in [-0.1, -0.05) is 25.1 Å². The molecule has 4 nitrogen and oxygen atoms in total. The average Bonchev–Trinajstić information content (AvgIpc) is 2.55. The molecule has 1 unspecified atom stereocenters. The van der Waals surface area contributed by atoms with Crippen molar-refractivity contribution in [2.45, 2.75) is 45.6 Å². The molecule has 0 spiro atoms. The average molecular weight is 302 g/mol. The van der Waals surface area contributed by atoms with Crippen LogP contribution in [0.4, 0.5) is 0 Å². The van der Waals surface area contributed by atoms with Crippen molar-refractivity contribution in [3.8, 4) is 0 Å². The number of likely N-dealkylation sites (tertiary alicyclic amines) is 1. The number of hydrogen-bond donors (Lipinski definition) is 1. The number of nitrogens with one attached hydrogen (secondary N) is 1. The van der Waals surface area contributed by atoms with Gasteiger partial charge in [-0.15, -0.1) is 0 Å². The third kappa shape index (κ3) is 4.58. The molecule has 1 aromatic rings. The Kier molecular flexibility index (Phi) is 5.99. The van der Waals surface area contributed by atoms with Gasteiger partial charge in [0.1, 0.15) is 0 Å². The predicted octanol–water partition coefficient (Wildman–Crippen LogP) is 2.84. The van der Waals surface area contributed by atoms with Crippen LogP contribution in [-0.4, -0.2) is 35.8 Å². The molecule has 2 amide bonds. The number of hydrogen-bond acceptors (Lipinski definition) is 2. The summed E-state index contributed by atoms with van der Waals surface area (Å²) in [5, 5.41) is 3.02. The molecule has 1 aliphatic heterocycles. The quantitative estimate of drug-likeness (QED) is 0.909. The van der Waals surface area contributed by atoms with Crippen LogP contribution in [0.15, 0.2) is 30.3 Å². The van der Waals surface area contributed by atoms with Crippen LogP contribution in [0.25, 0.3) is 0 Å². The topological polar surface area (TPSA) is 49.4 Å². The molecule has 0 bridgehead atoms. The lowest BCUT2D eigenvalue weighted by molar-refractivity contribution is -0.122. The van der Waals surface area contributed by atoms with E-state index in [1.807, 2.05) is 42.2 Å². The van der Waals surface area contributed by atoms with E-state index in [4.69, 9.17) is 0 Å². The zero-order valence-corrected chi connectivity index (χ0v) is 13.5. The third-order valence-electron chi connectivity index (χ3n) is 4.42. The number of carbonyl (C=O) groups is 2.